The summed E-state index contributed by atoms with van der Waals surface area (Å²) < 4.78 is 0. The van der Waals surface area contributed by atoms with E-state index in [9.17, 15) is 9.59 Å². The van der Waals surface area contributed by atoms with Crippen molar-refractivity contribution in [3.63, 3.8) is 0 Å². The number of hydrogen-bond acceptors (Lipinski definition) is 4. The van der Waals surface area contributed by atoms with Gasteiger partial charge in [0.2, 0.25) is 11.8 Å². The molecule has 142 valence electrons. The Morgan fingerprint density at radius 3 is 2.32 bits per heavy atom. The number of carbonyl (C=O) groups is 2. The van der Waals surface area contributed by atoms with E-state index in [0.29, 0.717) is 13.1 Å². The van der Waals surface area contributed by atoms with Crippen LogP contribution in [0.25, 0.3) is 0 Å². The van der Waals surface area contributed by atoms with E-state index in [4.69, 9.17) is 5.73 Å². The lowest BCUT2D eigenvalue weighted by Gasteiger charge is -2.32. The summed E-state index contributed by atoms with van der Waals surface area (Å²) in [6.45, 7) is 2.35. The average Bonchev–Trinajstić information content (AvgIpc) is 2.58. The van der Waals surface area contributed by atoms with E-state index in [-0.39, 0.29) is 48.6 Å². The predicted octanol–water partition coefficient (Wildman–Crippen LogP) is 0.899. The summed E-state index contributed by atoms with van der Waals surface area (Å²) in [5.41, 5.74) is 6.74. The minimum atomic E-state index is -0.305. The number of likely N-dealkylation sites (N-methyl/N-ethyl adjacent to an activating group) is 1. The molecule has 1 aromatic carbocycles. The molecule has 0 aliphatic carbocycles. The molecule has 1 atom stereocenters. The number of amides is 2. The van der Waals surface area contributed by atoms with Crippen molar-refractivity contribution < 1.29 is 9.59 Å². The number of benzene rings is 1. The molecule has 4 N–H and O–H groups in total. The van der Waals surface area contributed by atoms with Gasteiger partial charge in [0.25, 0.3) is 0 Å². The second-order valence-electron chi connectivity index (χ2n) is 5.93. The first-order chi connectivity index (χ1) is 11.1. The Hall–Kier alpha value is -1.34. The van der Waals surface area contributed by atoms with Gasteiger partial charge in [0, 0.05) is 32.7 Å². The zero-order chi connectivity index (χ0) is 16.7. The maximum atomic E-state index is 12.5. The molecule has 0 saturated carbocycles. The highest BCUT2D eigenvalue weighted by Crippen LogP contribution is 2.16. The summed E-state index contributed by atoms with van der Waals surface area (Å²) in [6.07, 6.45) is 1.71. The van der Waals surface area contributed by atoms with E-state index < -0.39 is 0 Å². The Bertz CT molecular complexity index is 523. The second-order valence-corrected chi connectivity index (χ2v) is 5.93. The van der Waals surface area contributed by atoms with E-state index in [0.717, 1.165) is 31.5 Å². The number of carbonyl (C=O) groups excluding carboxylic acids is 2. The SMILES string of the molecule is CNC(=O)CN1CCC(NC(=O)C(CN)c2ccccc2)CC1.Cl.Cl. The molecule has 0 radical (unpaired) electrons. The number of nitrogens with two attached hydrogens (primary N) is 1. The van der Waals surface area contributed by atoms with Gasteiger partial charge in [-0.2, -0.15) is 0 Å². The normalized spacial score (nSPS) is 16.1. The summed E-state index contributed by atoms with van der Waals surface area (Å²) in [5.74, 6) is -0.289. The van der Waals surface area contributed by atoms with Gasteiger partial charge in [-0.15, -0.1) is 24.8 Å². The highest BCUT2D eigenvalue weighted by atomic mass is 35.5. The van der Waals surface area contributed by atoms with Crippen LogP contribution in [0.5, 0.6) is 0 Å². The molecule has 2 rings (SSSR count). The van der Waals surface area contributed by atoms with Gasteiger partial charge in [-0.05, 0) is 18.4 Å². The van der Waals surface area contributed by atoms with Crippen LogP contribution >= 0.6 is 24.8 Å². The molecular weight excluding hydrogens is 363 g/mol. The average molecular weight is 391 g/mol. The van der Waals surface area contributed by atoms with Gasteiger partial charge < -0.3 is 16.4 Å². The number of piperidine rings is 1. The third-order valence-corrected chi connectivity index (χ3v) is 4.33. The van der Waals surface area contributed by atoms with Gasteiger partial charge in [0.1, 0.15) is 0 Å². The molecule has 0 aromatic heterocycles. The molecule has 1 aromatic rings. The molecule has 2 amide bonds. The van der Waals surface area contributed by atoms with E-state index in [2.05, 4.69) is 15.5 Å². The van der Waals surface area contributed by atoms with Crippen LogP contribution in [0.2, 0.25) is 0 Å². The largest absolute Gasteiger partial charge is 0.358 e. The lowest BCUT2D eigenvalue weighted by atomic mass is 9.97. The van der Waals surface area contributed by atoms with Crippen molar-refractivity contribution in [2.24, 2.45) is 5.73 Å². The monoisotopic (exact) mass is 390 g/mol. The lowest BCUT2D eigenvalue weighted by Crippen LogP contribution is -2.48. The van der Waals surface area contributed by atoms with Crippen molar-refractivity contribution >= 4 is 36.6 Å². The minimum Gasteiger partial charge on any atom is -0.358 e. The van der Waals surface area contributed by atoms with Crippen LogP contribution in [0, 0.1) is 0 Å². The molecule has 1 saturated heterocycles. The topological polar surface area (TPSA) is 87.5 Å². The van der Waals surface area contributed by atoms with E-state index >= 15 is 0 Å². The maximum Gasteiger partial charge on any atom is 0.233 e. The number of nitrogens with zero attached hydrogens (tertiary/aromatic N) is 1. The zero-order valence-corrected chi connectivity index (χ0v) is 16.1. The van der Waals surface area contributed by atoms with Gasteiger partial charge in [0.05, 0.1) is 12.5 Å². The molecule has 1 aliphatic rings. The Morgan fingerprint density at radius 2 is 1.80 bits per heavy atom. The Morgan fingerprint density at radius 1 is 1.20 bits per heavy atom. The van der Waals surface area contributed by atoms with Crippen LogP contribution in [0.1, 0.15) is 24.3 Å². The molecule has 8 heteroatoms. The fourth-order valence-electron chi connectivity index (χ4n) is 2.90. The molecule has 6 nitrogen and oxygen atoms in total. The van der Waals surface area contributed by atoms with Crippen LogP contribution in [-0.2, 0) is 9.59 Å². The summed E-state index contributed by atoms with van der Waals surface area (Å²) in [7, 11) is 1.64. The fraction of sp³-hybridized carbons (Fsp3) is 0.529. The van der Waals surface area contributed by atoms with Crippen LogP contribution in [0.3, 0.4) is 0 Å². The second kappa shape index (κ2) is 12.1. The Labute approximate surface area is 161 Å². The third kappa shape index (κ3) is 7.20. The lowest BCUT2D eigenvalue weighted by molar-refractivity contribution is -0.124. The number of likely N-dealkylation sites (tertiary alicyclic amines) is 1. The minimum absolute atomic E-state index is 0. The van der Waals surface area contributed by atoms with Gasteiger partial charge in [0.15, 0.2) is 0 Å². The van der Waals surface area contributed by atoms with Crippen LogP contribution in [0.15, 0.2) is 30.3 Å². The Kier molecular flexibility index (Phi) is 11.4. The first-order valence-electron chi connectivity index (χ1n) is 8.12. The number of nitrogens with one attached hydrogen (secondary N) is 2. The summed E-state index contributed by atoms with van der Waals surface area (Å²) in [6, 6.07) is 9.79. The Balaban J connectivity index is 0.00000288. The number of rotatable bonds is 6. The highest BCUT2D eigenvalue weighted by Gasteiger charge is 2.25. The van der Waals surface area contributed by atoms with Crippen LogP contribution in [0.4, 0.5) is 0 Å². The van der Waals surface area contributed by atoms with Crippen molar-refractivity contribution in [1.29, 1.82) is 0 Å². The molecule has 1 unspecified atom stereocenters. The van der Waals surface area contributed by atoms with E-state index in [1.54, 1.807) is 7.05 Å². The number of hydrogen-bond donors (Lipinski definition) is 3. The molecule has 1 fully saturated rings. The van der Waals surface area contributed by atoms with Gasteiger partial charge in [-0.3, -0.25) is 14.5 Å². The number of halogens is 2. The van der Waals surface area contributed by atoms with Crippen molar-refractivity contribution in [1.82, 2.24) is 15.5 Å². The molecule has 0 bridgehead atoms. The van der Waals surface area contributed by atoms with Crippen LogP contribution < -0.4 is 16.4 Å². The molecule has 0 spiro atoms. The van der Waals surface area contributed by atoms with E-state index in [1.807, 2.05) is 30.3 Å². The van der Waals surface area contributed by atoms with Crippen molar-refractivity contribution in [3.8, 4) is 0 Å². The summed E-state index contributed by atoms with van der Waals surface area (Å²) in [4.78, 5) is 26.0. The van der Waals surface area contributed by atoms with Crippen molar-refractivity contribution in [2.75, 3.05) is 33.2 Å². The first-order valence-corrected chi connectivity index (χ1v) is 8.12. The van der Waals surface area contributed by atoms with Gasteiger partial charge >= 0.3 is 0 Å². The summed E-state index contributed by atoms with van der Waals surface area (Å²) >= 11 is 0. The summed E-state index contributed by atoms with van der Waals surface area (Å²) in [5, 5.41) is 5.74. The van der Waals surface area contributed by atoms with Gasteiger partial charge in [-0.1, -0.05) is 30.3 Å². The smallest absolute Gasteiger partial charge is 0.233 e. The van der Waals surface area contributed by atoms with Crippen LogP contribution in [-0.4, -0.2) is 56.0 Å². The zero-order valence-electron chi connectivity index (χ0n) is 14.4. The molecular formula is C17H28Cl2N4O2. The van der Waals surface area contributed by atoms with Gasteiger partial charge in [-0.25, -0.2) is 0 Å². The highest BCUT2D eigenvalue weighted by molar-refractivity contribution is 5.85. The molecule has 25 heavy (non-hydrogen) atoms. The quantitative estimate of drug-likeness (QED) is 0.673. The molecule has 1 aliphatic heterocycles. The standard InChI is InChI=1S/C17H26N4O2.2ClH/c1-19-16(22)12-21-9-7-14(8-10-21)20-17(23)15(11-18)13-5-3-2-4-6-13;;/h2-6,14-15H,7-12,18H2,1H3,(H,19,22)(H,20,23);2*1H. The molecule has 1 heterocycles. The van der Waals surface area contributed by atoms with E-state index in [1.165, 1.54) is 0 Å². The first kappa shape index (κ1) is 23.7. The van der Waals surface area contributed by atoms with Crippen molar-refractivity contribution in [3.05, 3.63) is 35.9 Å². The van der Waals surface area contributed by atoms with Crippen molar-refractivity contribution in [2.45, 2.75) is 24.8 Å². The fourth-order valence-corrected chi connectivity index (χ4v) is 2.90. The third-order valence-electron chi connectivity index (χ3n) is 4.33. The predicted molar refractivity (Wildman–Crippen MR) is 104 cm³/mol. The maximum absolute atomic E-state index is 12.5.